The number of anilines is 2. The molecule has 2 rings (SSSR count). The van der Waals surface area contributed by atoms with Gasteiger partial charge in [-0.2, -0.15) is 5.17 Å². The van der Waals surface area contributed by atoms with Crippen LogP contribution in [0.25, 0.3) is 0 Å². The van der Waals surface area contributed by atoms with E-state index < -0.39 is 0 Å². The zero-order valence-electron chi connectivity index (χ0n) is 6.15. The summed E-state index contributed by atoms with van der Waals surface area (Å²) in [5, 5.41) is 12.0. The minimum atomic E-state index is 0.773. The molecule has 0 atom stereocenters. The van der Waals surface area contributed by atoms with Crippen molar-refractivity contribution >= 4 is 11.4 Å². The maximum Gasteiger partial charge on any atom is 0.109 e. The van der Waals surface area contributed by atoms with E-state index in [-0.39, 0.29) is 0 Å². The van der Waals surface area contributed by atoms with Crippen LogP contribution in [0.15, 0.2) is 24.3 Å². The molecule has 0 unspecified atom stereocenters. The minimum Gasteiger partial charge on any atom is -0.290 e. The van der Waals surface area contributed by atoms with Gasteiger partial charge in [0.2, 0.25) is 0 Å². The predicted molar refractivity (Wildman–Crippen MR) is 42.2 cm³/mol. The van der Waals surface area contributed by atoms with Crippen LogP contribution in [0.4, 0.5) is 11.4 Å². The molecule has 1 aromatic rings. The molecule has 0 amide bonds. The highest BCUT2D eigenvalue weighted by atomic mass is 16.6. The summed E-state index contributed by atoms with van der Waals surface area (Å²) in [5.41, 5.74) is 4.45. The first-order valence-corrected chi connectivity index (χ1v) is 3.37. The van der Waals surface area contributed by atoms with Gasteiger partial charge in [0.05, 0.1) is 5.69 Å². The molecule has 0 saturated carbocycles. The molecule has 0 spiro atoms. The zero-order chi connectivity index (χ0) is 7.84. The van der Waals surface area contributed by atoms with E-state index in [0.29, 0.717) is 0 Å². The number of benzene rings is 1. The number of para-hydroxylation sites is 2. The van der Waals surface area contributed by atoms with Gasteiger partial charge >= 0.3 is 0 Å². The van der Waals surface area contributed by atoms with Crippen molar-refractivity contribution in [2.75, 3.05) is 17.2 Å². The highest BCUT2D eigenvalue weighted by Crippen LogP contribution is 2.29. The normalized spacial score (nSPS) is 15.5. The molecule has 0 aromatic heterocycles. The summed E-state index contributed by atoms with van der Waals surface area (Å²) in [6, 6.07) is 7.57. The van der Waals surface area contributed by atoms with E-state index in [4.69, 9.17) is 0 Å². The van der Waals surface area contributed by atoms with Crippen LogP contribution in [0.1, 0.15) is 0 Å². The van der Waals surface area contributed by atoms with Crippen molar-refractivity contribution < 1.29 is 5.21 Å². The third kappa shape index (κ3) is 0.840. The number of nitrogens with zero attached hydrogens (tertiary/aromatic N) is 2. The Bertz CT molecular complexity index is 249. The molecule has 2 N–H and O–H groups in total. The van der Waals surface area contributed by atoms with E-state index >= 15 is 0 Å². The lowest BCUT2D eigenvalue weighted by atomic mass is 10.3. The van der Waals surface area contributed by atoms with Crippen LogP contribution in [-0.4, -0.2) is 12.3 Å². The van der Waals surface area contributed by atoms with Crippen LogP contribution in [0, 0.1) is 0 Å². The highest BCUT2D eigenvalue weighted by Gasteiger charge is 2.19. The van der Waals surface area contributed by atoms with Crippen molar-refractivity contribution in [1.29, 1.82) is 0 Å². The Morgan fingerprint density at radius 3 is 2.55 bits per heavy atom. The maximum atomic E-state index is 9.23. The number of hydrogen-bond donors (Lipinski definition) is 2. The van der Waals surface area contributed by atoms with E-state index in [1.54, 1.807) is 5.01 Å². The smallest absolute Gasteiger partial charge is 0.109 e. The quantitative estimate of drug-likeness (QED) is 0.574. The molecule has 1 aromatic carbocycles. The lowest BCUT2D eigenvalue weighted by Crippen LogP contribution is -2.39. The number of hydrogen-bond acceptors (Lipinski definition) is 4. The third-order valence-corrected chi connectivity index (χ3v) is 1.72. The number of rotatable bonds is 0. The van der Waals surface area contributed by atoms with Crippen molar-refractivity contribution in [3.63, 3.8) is 0 Å². The molecular formula is C7H9N3O. The summed E-state index contributed by atoms with van der Waals surface area (Å²) in [7, 11) is 1.84. The van der Waals surface area contributed by atoms with Crippen LogP contribution in [0.5, 0.6) is 0 Å². The average molecular weight is 151 g/mol. The molecule has 4 nitrogen and oxygen atoms in total. The van der Waals surface area contributed by atoms with E-state index in [2.05, 4.69) is 5.53 Å². The second-order valence-electron chi connectivity index (χ2n) is 2.46. The highest BCUT2D eigenvalue weighted by molar-refractivity contribution is 5.72. The zero-order valence-corrected chi connectivity index (χ0v) is 6.15. The molecule has 58 valence electrons. The minimum absolute atomic E-state index is 0.773. The van der Waals surface area contributed by atoms with Crippen molar-refractivity contribution in [3.05, 3.63) is 24.3 Å². The van der Waals surface area contributed by atoms with Crippen LogP contribution in [0.2, 0.25) is 0 Å². The Labute approximate surface area is 64.5 Å². The van der Waals surface area contributed by atoms with Gasteiger partial charge in [-0.25, -0.2) is 0 Å². The maximum absolute atomic E-state index is 9.23. The lowest BCUT2D eigenvalue weighted by Gasteiger charge is -2.11. The predicted octanol–water partition coefficient (Wildman–Crippen LogP) is 0.752. The standard InChI is InChI=1S/C7H9N3O/c1-9-6-4-2-3-5-7(6)10(11)8-9/h2-5,8,11H,1H3. The summed E-state index contributed by atoms with van der Waals surface area (Å²) >= 11 is 0. The Hall–Kier alpha value is -1.26. The SMILES string of the molecule is CN1NN(O)c2ccccc21. The van der Waals surface area contributed by atoms with Crippen LogP contribution in [-0.2, 0) is 0 Å². The second-order valence-corrected chi connectivity index (χ2v) is 2.46. The summed E-state index contributed by atoms with van der Waals surface area (Å²) < 4.78 is 0. The van der Waals surface area contributed by atoms with Crippen LogP contribution < -0.4 is 15.7 Å². The molecule has 1 aliphatic heterocycles. The first-order chi connectivity index (χ1) is 5.29. The molecule has 0 radical (unpaired) electrons. The Morgan fingerprint density at radius 2 is 1.91 bits per heavy atom. The Kier molecular flexibility index (Phi) is 1.24. The van der Waals surface area contributed by atoms with Gasteiger partial charge in [-0.15, -0.1) is 5.53 Å². The van der Waals surface area contributed by atoms with Gasteiger partial charge in [0.25, 0.3) is 0 Å². The first-order valence-electron chi connectivity index (χ1n) is 3.37. The molecule has 4 heteroatoms. The molecule has 0 bridgehead atoms. The van der Waals surface area contributed by atoms with E-state index in [0.717, 1.165) is 16.5 Å². The summed E-state index contributed by atoms with van der Waals surface area (Å²) in [4.78, 5) is 0. The van der Waals surface area contributed by atoms with Gasteiger partial charge in [0.15, 0.2) is 0 Å². The Balaban J connectivity index is 2.52. The molecule has 0 aliphatic carbocycles. The molecule has 1 heterocycles. The Morgan fingerprint density at radius 1 is 1.27 bits per heavy atom. The van der Waals surface area contributed by atoms with Gasteiger partial charge in [-0.05, 0) is 12.1 Å². The fourth-order valence-corrected chi connectivity index (χ4v) is 1.18. The fraction of sp³-hybridized carbons (Fsp3) is 0.143. The van der Waals surface area contributed by atoms with Gasteiger partial charge in [-0.1, -0.05) is 12.1 Å². The second kappa shape index (κ2) is 2.11. The monoisotopic (exact) mass is 151 g/mol. The topological polar surface area (TPSA) is 38.7 Å². The van der Waals surface area contributed by atoms with Crippen molar-refractivity contribution in [2.24, 2.45) is 0 Å². The lowest BCUT2D eigenvalue weighted by molar-refractivity contribution is 0.220. The largest absolute Gasteiger partial charge is 0.290 e. The third-order valence-electron chi connectivity index (χ3n) is 1.72. The number of nitrogens with one attached hydrogen (secondary N) is 1. The van der Waals surface area contributed by atoms with E-state index in [1.807, 2.05) is 31.3 Å². The van der Waals surface area contributed by atoms with Crippen LogP contribution in [0.3, 0.4) is 0 Å². The first kappa shape index (κ1) is 6.45. The average Bonchev–Trinajstić information content (AvgIpc) is 2.30. The van der Waals surface area contributed by atoms with Gasteiger partial charge < -0.3 is 0 Å². The summed E-state index contributed by atoms with van der Waals surface area (Å²) in [6.07, 6.45) is 0. The summed E-state index contributed by atoms with van der Waals surface area (Å²) in [6.45, 7) is 0. The van der Waals surface area contributed by atoms with Crippen LogP contribution >= 0.6 is 0 Å². The molecule has 11 heavy (non-hydrogen) atoms. The summed E-state index contributed by atoms with van der Waals surface area (Å²) in [5.74, 6) is 0. The molecular weight excluding hydrogens is 142 g/mol. The van der Waals surface area contributed by atoms with Gasteiger partial charge in [0.1, 0.15) is 5.69 Å². The van der Waals surface area contributed by atoms with E-state index in [9.17, 15) is 5.21 Å². The molecule has 0 saturated heterocycles. The van der Waals surface area contributed by atoms with Crippen molar-refractivity contribution in [3.8, 4) is 0 Å². The number of fused-ring (bicyclic) bond motifs is 1. The number of hydrazine groups is 2. The fourth-order valence-electron chi connectivity index (χ4n) is 1.18. The molecule has 1 aliphatic rings. The van der Waals surface area contributed by atoms with Gasteiger partial charge in [0, 0.05) is 7.05 Å². The van der Waals surface area contributed by atoms with E-state index in [1.165, 1.54) is 0 Å². The molecule has 0 fully saturated rings. The van der Waals surface area contributed by atoms with Gasteiger partial charge in [-0.3, -0.25) is 10.2 Å². The van der Waals surface area contributed by atoms with Crippen molar-refractivity contribution in [2.45, 2.75) is 0 Å². The van der Waals surface area contributed by atoms with Crippen molar-refractivity contribution in [1.82, 2.24) is 5.53 Å².